The van der Waals surface area contributed by atoms with Gasteiger partial charge in [-0.2, -0.15) is 8.78 Å². The van der Waals surface area contributed by atoms with Gasteiger partial charge in [0.15, 0.2) is 17.3 Å². The summed E-state index contributed by atoms with van der Waals surface area (Å²) in [5, 5.41) is 2.82. The van der Waals surface area contributed by atoms with Crippen molar-refractivity contribution in [3.8, 4) is 11.6 Å². The van der Waals surface area contributed by atoms with Gasteiger partial charge in [-0.05, 0) is 55.1 Å². The van der Waals surface area contributed by atoms with Crippen LogP contribution in [0.15, 0.2) is 12.3 Å². The van der Waals surface area contributed by atoms with E-state index in [1.54, 1.807) is 6.20 Å². The highest BCUT2D eigenvalue weighted by Gasteiger charge is 2.27. The van der Waals surface area contributed by atoms with Gasteiger partial charge >= 0.3 is 6.61 Å². The third kappa shape index (κ3) is 8.17. The van der Waals surface area contributed by atoms with Crippen LogP contribution in [0.3, 0.4) is 0 Å². The normalized spacial score (nSPS) is 19.2. The molecular formula is C24H34ClF2N5O4S. The molecule has 9 nitrogen and oxygen atoms in total. The van der Waals surface area contributed by atoms with Crippen molar-refractivity contribution < 1.29 is 27.1 Å². The number of alkyl halides is 2. The lowest BCUT2D eigenvalue weighted by molar-refractivity contribution is -0.0501. The Balaban J connectivity index is 1.80. The molecule has 1 aliphatic rings. The van der Waals surface area contributed by atoms with E-state index in [4.69, 9.17) is 20.9 Å². The maximum atomic E-state index is 13.3. The van der Waals surface area contributed by atoms with E-state index < -0.39 is 23.8 Å². The second kappa shape index (κ2) is 12.6. The first-order valence-electron chi connectivity index (χ1n) is 12.2. The number of aryl methyl sites for hydroxylation is 1. The van der Waals surface area contributed by atoms with E-state index in [2.05, 4.69) is 20.0 Å². The number of pyridine rings is 1. The van der Waals surface area contributed by atoms with Gasteiger partial charge < -0.3 is 10.1 Å². The fourth-order valence-electron chi connectivity index (χ4n) is 4.53. The van der Waals surface area contributed by atoms with E-state index >= 15 is 0 Å². The van der Waals surface area contributed by atoms with Crippen LogP contribution in [0.5, 0.6) is 5.75 Å². The number of nitrogens with zero attached hydrogens (tertiary/aromatic N) is 3. The Bertz CT molecular complexity index is 1120. The zero-order valence-corrected chi connectivity index (χ0v) is 23.0. The van der Waals surface area contributed by atoms with Crippen molar-refractivity contribution in [2.75, 3.05) is 6.54 Å². The SMILES string of the molecule is CCc1nc(C(=O)NCC2CCC(NS(=O)O)CC2)c(Cl)n1-c1ncc(CC(C)(C)C)cc1OC(F)F. The quantitative estimate of drug-likeness (QED) is 0.362. The Morgan fingerprint density at radius 1 is 1.32 bits per heavy atom. The second-order valence-electron chi connectivity index (χ2n) is 10.4. The monoisotopic (exact) mass is 561 g/mol. The van der Waals surface area contributed by atoms with Gasteiger partial charge in [-0.15, -0.1) is 0 Å². The largest absolute Gasteiger partial charge is 0.431 e. The first kappa shape index (κ1) is 29.4. The van der Waals surface area contributed by atoms with Crippen LogP contribution in [0, 0.1) is 11.3 Å². The van der Waals surface area contributed by atoms with Gasteiger partial charge in [0.2, 0.25) is 11.3 Å². The number of carbonyl (C=O) groups excluding carboxylic acids is 1. The van der Waals surface area contributed by atoms with Crippen LogP contribution < -0.4 is 14.8 Å². The van der Waals surface area contributed by atoms with Crippen LogP contribution in [-0.2, 0) is 24.1 Å². The number of amides is 1. The van der Waals surface area contributed by atoms with Gasteiger partial charge in [0.05, 0.1) is 0 Å². The fraction of sp³-hybridized carbons (Fsp3) is 0.625. The number of rotatable bonds is 10. The Labute approximate surface area is 223 Å². The van der Waals surface area contributed by atoms with Crippen molar-refractivity contribution in [2.24, 2.45) is 11.3 Å². The maximum absolute atomic E-state index is 13.3. The summed E-state index contributed by atoms with van der Waals surface area (Å²) >= 11 is 4.54. The smallest absolute Gasteiger partial charge is 0.387 e. The predicted molar refractivity (Wildman–Crippen MR) is 138 cm³/mol. The van der Waals surface area contributed by atoms with Gasteiger partial charge in [0, 0.05) is 25.2 Å². The van der Waals surface area contributed by atoms with Crippen LogP contribution >= 0.6 is 11.6 Å². The molecule has 3 N–H and O–H groups in total. The van der Waals surface area contributed by atoms with Gasteiger partial charge in [-0.25, -0.2) is 18.9 Å². The number of aromatic nitrogens is 3. The highest BCUT2D eigenvalue weighted by molar-refractivity contribution is 7.77. The van der Waals surface area contributed by atoms with E-state index in [1.165, 1.54) is 10.6 Å². The molecule has 13 heteroatoms. The van der Waals surface area contributed by atoms with Crippen molar-refractivity contribution in [3.63, 3.8) is 0 Å². The zero-order chi connectivity index (χ0) is 27.3. The van der Waals surface area contributed by atoms with Gasteiger partial charge in [0.1, 0.15) is 11.0 Å². The molecule has 0 saturated heterocycles. The number of imidazole rings is 1. The first-order valence-corrected chi connectivity index (χ1v) is 13.7. The zero-order valence-electron chi connectivity index (χ0n) is 21.4. The Kier molecular flexibility index (Phi) is 10.0. The van der Waals surface area contributed by atoms with E-state index in [0.29, 0.717) is 25.2 Å². The summed E-state index contributed by atoms with van der Waals surface area (Å²) in [5.41, 5.74) is 0.618. The van der Waals surface area contributed by atoms with E-state index in [1.807, 2.05) is 27.7 Å². The Morgan fingerprint density at radius 3 is 2.57 bits per heavy atom. The van der Waals surface area contributed by atoms with Gasteiger partial charge in [-0.1, -0.05) is 39.3 Å². The van der Waals surface area contributed by atoms with Crippen LogP contribution in [0.4, 0.5) is 8.78 Å². The third-order valence-corrected chi connectivity index (χ3v) is 7.02. The lowest BCUT2D eigenvalue weighted by Gasteiger charge is -2.28. The minimum absolute atomic E-state index is 0.0203. The molecule has 1 unspecified atom stereocenters. The summed E-state index contributed by atoms with van der Waals surface area (Å²) < 4.78 is 55.2. The topological polar surface area (TPSA) is 118 Å². The fourth-order valence-corrected chi connectivity index (χ4v) is 5.35. The van der Waals surface area contributed by atoms with Crippen LogP contribution in [0.1, 0.15) is 75.3 Å². The number of hydrogen-bond acceptors (Lipinski definition) is 5. The average molecular weight is 562 g/mol. The maximum Gasteiger partial charge on any atom is 0.387 e. The summed E-state index contributed by atoms with van der Waals surface area (Å²) in [4.78, 5) is 21.7. The van der Waals surface area contributed by atoms with E-state index in [-0.39, 0.29) is 39.8 Å². The van der Waals surface area contributed by atoms with Crippen LogP contribution in [-0.4, -0.2) is 48.4 Å². The average Bonchev–Trinajstić information content (AvgIpc) is 3.13. The molecule has 2 heterocycles. The lowest BCUT2D eigenvalue weighted by atomic mass is 9.86. The number of nitrogens with one attached hydrogen (secondary N) is 2. The number of halogens is 3. The van der Waals surface area contributed by atoms with E-state index in [9.17, 15) is 17.8 Å². The minimum Gasteiger partial charge on any atom is -0.431 e. The molecule has 37 heavy (non-hydrogen) atoms. The highest BCUT2D eigenvalue weighted by atomic mass is 35.5. The molecular weight excluding hydrogens is 528 g/mol. The van der Waals surface area contributed by atoms with Crippen molar-refractivity contribution in [1.82, 2.24) is 24.6 Å². The number of ether oxygens (including phenoxy) is 1. The molecule has 206 valence electrons. The predicted octanol–water partition coefficient (Wildman–Crippen LogP) is 4.69. The molecule has 3 rings (SSSR count). The van der Waals surface area contributed by atoms with E-state index in [0.717, 1.165) is 31.2 Å². The van der Waals surface area contributed by atoms with Crippen LogP contribution in [0.2, 0.25) is 5.15 Å². The molecule has 2 aromatic heterocycles. The van der Waals surface area contributed by atoms with Gasteiger partial charge in [-0.3, -0.25) is 13.9 Å². The molecule has 1 aliphatic carbocycles. The highest BCUT2D eigenvalue weighted by Crippen LogP contribution is 2.32. The molecule has 0 bridgehead atoms. The third-order valence-electron chi connectivity index (χ3n) is 6.14. The minimum atomic E-state index is -3.07. The van der Waals surface area contributed by atoms with Crippen molar-refractivity contribution in [1.29, 1.82) is 0 Å². The Morgan fingerprint density at radius 2 is 2.00 bits per heavy atom. The molecule has 1 fully saturated rings. The lowest BCUT2D eigenvalue weighted by Crippen LogP contribution is -2.37. The van der Waals surface area contributed by atoms with Crippen molar-refractivity contribution in [2.45, 2.75) is 78.9 Å². The summed E-state index contributed by atoms with van der Waals surface area (Å²) in [6.45, 7) is 5.23. The summed E-state index contributed by atoms with van der Waals surface area (Å²) in [7, 11) is 0. The second-order valence-corrected chi connectivity index (χ2v) is 11.5. The summed E-state index contributed by atoms with van der Waals surface area (Å²) in [6, 6.07) is 1.49. The Hall–Kier alpha value is -2.15. The van der Waals surface area contributed by atoms with Crippen molar-refractivity contribution in [3.05, 3.63) is 34.5 Å². The number of carbonyl (C=O) groups is 1. The van der Waals surface area contributed by atoms with Gasteiger partial charge in [0.25, 0.3) is 5.91 Å². The van der Waals surface area contributed by atoms with Crippen LogP contribution in [0.25, 0.3) is 5.82 Å². The molecule has 0 aromatic carbocycles. The molecule has 1 saturated carbocycles. The molecule has 0 radical (unpaired) electrons. The summed E-state index contributed by atoms with van der Waals surface area (Å²) in [6.07, 6.45) is 5.59. The number of hydrogen-bond donors (Lipinski definition) is 3. The molecule has 0 aliphatic heterocycles. The standard InChI is InChI=1S/C24H34ClF2N5O4S/c1-5-18-30-19(22(33)29-12-14-6-8-16(9-7-14)31-37(34)35)20(25)32(18)21-17(36-23(26)27)10-15(13-28-21)11-24(2,3)4/h10,13-14,16,23,31H,5-9,11-12H2,1-4H3,(H,29,33)(H,34,35). The molecule has 0 spiro atoms. The first-order chi connectivity index (χ1) is 17.4. The van der Waals surface area contributed by atoms with Crippen molar-refractivity contribution >= 4 is 28.8 Å². The summed E-state index contributed by atoms with van der Waals surface area (Å²) in [5.74, 6) is 0.0128. The molecule has 1 atom stereocenters. The molecule has 1 amide bonds. The molecule has 2 aromatic rings.